The van der Waals surface area contributed by atoms with Crippen molar-refractivity contribution in [2.75, 3.05) is 52.5 Å². The van der Waals surface area contributed by atoms with Crippen molar-refractivity contribution in [3.8, 4) is 0 Å². The number of nitrogens with zero attached hydrogens (tertiary/aromatic N) is 3. The summed E-state index contributed by atoms with van der Waals surface area (Å²) in [5.74, 6) is 0.799. The van der Waals surface area contributed by atoms with E-state index in [1.165, 1.54) is 11.8 Å². The fourth-order valence-corrected chi connectivity index (χ4v) is 2.60. The van der Waals surface area contributed by atoms with Crippen molar-refractivity contribution in [3.63, 3.8) is 0 Å². The van der Waals surface area contributed by atoms with E-state index in [1.54, 1.807) is 0 Å². The monoisotopic (exact) mass is 480 g/mol. The Hall–Kier alpha value is -0.290. The molecule has 0 saturated carbocycles. The van der Waals surface area contributed by atoms with Crippen LogP contribution in [-0.4, -0.2) is 80.5 Å². The average molecular weight is 480 g/mol. The quantitative estimate of drug-likeness (QED) is 0.251. The SMILES string of the molecule is CCNC(=NCCCCOCC)N1CCN(C(C)C(F)(F)F)CC1.I. The number of alkyl halides is 3. The Balaban J connectivity index is 0.00000576. The Kier molecular flexibility index (Phi) is 12.8. The minimum Gasteiger partial charge on any atom is -0.382 e. The Labute approximate surface area is 166 Å². The van der Waals surface area contributed by atoms with Crippen molar-refractivity contribution in [1.29, 1.82) is 0 Å². The summed E-state index contributed by atoms with van der Waals surface area (Å²) >= 11 is 0. The number of piperazine rings is 1. The van der Waals surface area contributed by atoms with Gasteiger partial charge in [0.05, 0.1) is 0 Å². The van der Waals surface area contributed by atoms with Gasteiger partial charge in [-0.25, -0.2) is 0 Å². The zero-order valence-electron chi connectivity index (χ0n) is 15.4. The van der Waals surface area contributed by atoms with E-state index >= 15 is 0 Å². The molecular weight excluding hydrogens is 448 g/mol. The van der Waals surface area contributed by atoms with E-state index in [4.69, 9.17) is 4.74 Å². The van der Waals surface area contributed by atoms with Crippen LogP contribution in [0.5, 0.6) is 0 Å². The first-order valence-corrected chi connectivity index (χ1v) is 8.81. The molecule has 5 nitrogen and oxygen atoms in total. The lowest BCUT2D eigenvalue weighted by Gasteiger charge is -2.39. The zero-order valence-corrected chi connectivity index (χ0v) is 17.8. The lowest BCUT2D eigenvalue weighted by molar-refractivity contribution is -0.181. The molecule has 1 unspecified atom stereocenters. The minimum absolute atomic E-state index is 0. The van der Waals surface area contributed by atoms with Gasteiger partial charge in [-0.05, 0) is 33.6 Å². The molecule has 1 saturated heterocycles. The summed E-state index contributed by atoms with van der Waals surface area (Å²) < 4.78 is 43.7. The minimum atomic E-state index is -4.17. The van der Waals surface area contributed by atoms with Crippen LogP contribution in [0, 0.1) is 0 Å². The first-order chi connectivity index (χ1) is 11.4. The number of rotatable bonds is 8. The Morgan fingerprint density at radius 1 is 1.16 bits per heavy atom. The predicted octanol–water partition coefficient (Wildman–Crippen LogP) is 2.96. The summed E-state index contributed by atoms with van der Waals surface area (Å²) in [6, 6.07) is -1.39. The fraction of sp³-hybridized carbons (Fsp3) is 0.938. The van der Waals surface area contributed by atoms with Crippen LogP contribution in [0.2, 0.25) is 0 Å². The van der Waals surface area contributed by atoms with Gasteiger partial charge in [0.2, 0.25) is 0 Å². The van der Waals surface area contributed by atoms with Crippen LogP contribution < -0.4 is 5.32 Å². The maximum absolute atomic E-state index is 12.8. The highest BCUT2D eigenvalue weighted by Crippen LogP contribution is 2.25. The smallest absolute Gasteiger partial charge is 0.382 e. The van der Waals surface area contributed by atoms with Gasteiger partial charge in [0.15, 0.2) is 5.96 Å². The molecule has 1 heterocycles. The number of nitrogens with one attached hydrogen (secondary N) is 1. The third-order valence-corrected chi connectivity index (χ3v) is 4.13. The highest BCUT2D eigenvalue weighted by Gasteiger charge is 2.41. The predicted molar refractivity (Wildman–Crippen MR) is 106 cm³/mol. The van der Waals surface area contributed by atoms with Gasteiger partial charge in [0, 0.05) is 52.5 Å². The molecule has 1 atom stereocenters. The Bertz CT molecular complexity index is 375. The van der Waals surface area contributed by atoms with Gasteiger partial charge >= 0.3 is 6.18 Å². The number of guanidine groups is 1. The van der Waals surface area contributed by atoms with Gasteiger partial charge in [0.1, 0.15) is 6.04 Å². The third-order valence-electron chi connectivity index (χ3n) is 4.13. The molecule has 0 aromatic carbocycles. The maximum Gasteiger partial charge on any atom is 0.403 e. The number of halogens is 4. The van der Waals surface area contributed by atoms with E-state index in [-0.39, 0.29) is 24.0 Å². The molecule has 25 heavy (non-hydrogen) atoms. The van der Waals surface area contributed by atoms with Gasteiger partial charge in [-0.2, -0.15) is 13.2 Å². The zero-order chi connectivity index (χ0) is 18.0. The van der Waals surface area contributed by atoms with Gasteiger partial charge in [0.25, 0.3) is 0 Å². The summed E-state index contributed by atoms with van der Waals surface area (Å²) in [5, 5.41) is 3.23. The molecule has 1 aliphatic rings. The Morgan fingerprint density at radius 3 is 2.32 bits per heavy atom. The summed E-state index contributed by atoms with van der Waals surface area (Å²) in [7, 11) is 0. The number of hydrogen-bond donors (Lipinski definition) is 1. The van der Waals surface area contributed by atoms with Crippen LogP contribution in [0.1, 0.15) is 33.6 Å². The van der Waals surface area contributed by atoms with E-state index in [2.05, 4.69) is 10.3 Å². The number of ether oxygens (including phenoxy) is 1. The largest absolute Gasteiger partial charge is 0.403 e. The van der Waals surface area contributed by atoms with E-state index in [0.717, 1.165) is 38.6 Å². The molecule has 0 spiro atoms. The van der Waals surface area contributed by atoms with Crippen LogP contribution in [0.25, 0.3) is 0 Å². The van der Waals surface area contributed by atoms with E-state index in [9.17, 15) is 13.2 Å². The summed E-state index contributed by atoms with van der Waals surface area (Å²) in [4.78, 5) is 8.12. The molecular formula is C16H32F3IN4O. The first-order valence-electron chi connectivity index (χ1n) is 8.81. The second-order valence-corrected chi connectivity index (χ2v) is 5.88. The van der Waals surface area contributed by atoms with Gasteiger partial charge in [-0.3, -0.25) is 9.89 Å². The molecule has 0 aliphatic carbocycles. The van der Waals surface area contributed by atoms with Crippen molar-refractivity contribution >= 4 is 29.9 Å². The normalized spacial score (nSPS) is 18.0. The van der Waals surface area contributed by atoms with Crippen LogP contribution in [0.4, 0.5) is 13.2 Å². The van der Waals surface area contributed by atoms with Crippen molar-refractivity contribution in [1.82, 2.24) is 15.1 Å². The lowest BCUT2D eigenvalue weighted by atomic mass is 10.2. The average Bonchev–Trinajstić information content (AvgIpc) is 2.55. The molecule has 9 heteroatoms. The third kappa shape index (κ3) is 9.28. The number of aliphatic imine (C=N–C) groups is 1. The van der Waals surface area contributed by atoms with Crippen LogP contribution in [0.3, 0.4) is 0 Å². The highest BCUT2D eigenvalue weighted by atomic mass is 127. The summed E-state index contributed by atoms with van der Waals surface area (Å²) in [6.45, 7) is 10.0. The molecule has 1 rings (SSSR count). The topological polar surface area (TPSA) is 40.1 Å². The van der Waals surface area contributed by atoms with E-state index in [0.29, 0.717) is 32.7 Å². The second kappa shape index (κ2) is 13.0. The van der Waals surface area contributed by atoms with Gasteiger partial charge in [-0.15, -0.1) is 24.0 Å². The molecule has 1 N–H and O–H groups in total. The molecule has 150 valence electrons. The summed E-state index contributed by atoms with van der Waals surface area (Å²) in [5.41, 5.74) is 0. The lowest BCUT2D eigenvalue weighted by Crippen LogP contribution is -2.56. The van der Waals surface area contributed by atoms with Gasteiger partial charge < -0.3 is 15.0 Å². The second-order valence-electron chi connectivity index (χ2n) is 5.88. The van der Waals surface area contributed by atoms with Crippen molar-refractivity contribution < 1.29 is 17.9 Å². The fourth-order valence-electron chi connectivity index (χ4n) is 2.60. The van der Waals surface area contributed by atoms with Crippen LogP contribution in [0.15, 0.2) is 4.99 Å². The van der Waals surface area contributed by atoms with Crippen LogP contribution >= 0.6 is 24.0 Å². The molecule has 1 fully saturated rings. The van der Waals surface area contributed by atoms with Crippen molar-refractivity contribution in [2.24, 2.45) is 4.99 Å². The molecule has 0 aromatic rings. The van der Waals surface area contributed by atoms with Crippen LogP contribution in [-0.2, 0) is 4.74 Å². The Morgan fingerprint density at radius 2 is 1.80 bits per heavy atom. The molecule has 1 aliphatic heterocycles. The number of hydrogen-bond acceptors (Lipinski definition) is 3. The highest BCUT2D eigenvalue weighted by molar-refractivity contribution is 14.0. The first kappa shape index (κ1) is 24.7. The van der Waals surface area contributed by atoms with Crippen molar-refractivity contribution in [2.45, 2.75) is 45.8 Å². The summed E-state index contributed by atoms with van der Waals surface area (Å²) in [6.07, 6.45) is -2.26. The van der Waals surface area contributed by atoms with E-state index in [1.807, 2.05) is 18.7 Å². The maximum atomic E-state index is 12.8. The molecule has 0 radical (unpaired) electrons. The van der Waals surface area contributed by atoms with E-state index < -0.39 is 12.2 Å². The molecule has 0 amide bonds. The van der Waals surface area contributed by atoms with Crippen molar-refractivity contribution in [3.05, 3.63) is 0 Å². The molecule has 0 bridgehead atoms. The van der Waals surface area contributed by atoms with Gasteiger partial charge in [-0.1, -0.05) is 0 Å². The molecule has 0 aromatic heterocycles. The number of unbranched alkanes of at least 4 members (excludes halogenated alkanes) is 1. The standard InChI is InChI=1S/C16H31F3N4O.HI/c1-4-20-15(21-8-6-7-13-24-5-2)23-11-9-22(10-12-23)14(3)16(17,18)19;/h14H,4-13H2,1-3H3,(H,20,21);1H.